The molecule has 0 unspecified atom stereocenters. The smallest absolute Gasteiger partial charge is 0.0944 e. The van der Waals surface area contributed by atoms with Gasteiger partial charge >= 0.3 is 0 Å². The molecule has 1 fully saturated rings. The molecule has 0 bridgehead atoms. The Bertz CT molecular complexity index is 342. The highest BCUT2D eigenvalue weighted by atomic mass is 32.1. The number of aryl methyl sites for hydroxylation is 1. The molecule has 0 spiro atoms. The first-order chi connectivity index (χ1) is 8.33. The van der Waals surface area contributed by atoms with Crippen LogP contribution in [0.2, 0.25) is 0 Å². The maximum Gasteiger partial charge on any atom is 0.0944 e. The number of hydrogen-bond donors (Lipinski definition) is 1. The molecule has 17 heavy (non-hydrogen) atoms. The van der Waals surface area contributed by atoms with E-state index in [0.29, 0.717) is 6.54 Å². The highest BCUT2D eigenvalue weighted by molar-refractivity contribution is 7.11. The molecule has 1 saturated heterocycles. The molecule has 0 aromatic carbocycles. The number of likely N-dealkylation sites (tertiary alicyclic amines) is 1. The Kier molecular flexibility index (Phi) is 4.95. The first-order valence-electron chi connectivity index (χ1n) is 6.73. The molecule has 3 nitrogen and oxygen atoms in total. The molecule has 1 aliphatic heterocycles. The van der Waals surface area contributed by atoms with Crippen molar-refractivity contribution in [2.45, 2.75) is 45.6 Å². The lowest BCUT2D eigenvalue weighted by atomic mass is 10.2. The van der Waals surface area contributed by atoms with Gasteiger partial charge in [-0.25, -0.2) is 4.98 Å². The summed E-state index contributed by atoms with van der Waals surface area (Å²) in [6.45, 7) is 6.57. The maximum atomic E-state index is 5.77. The van der Waals surface area contributed by atoms with Gasteiger partial charge in [-0.15, -0.1) is 11.3 Å². The number of thiazole rings is 1. The molecule has 1 aliphatic rings. The Hall–Kier alpha value is -0.450. The first-order valence-corrected chi connectivity index (χ1v) is 7.55. The van der Waals surface area contributed by atoms with Crippen LogP contribution in [0.4, 0.5) is 0 Å². The highest BCUT2D eigenvalue weighted by Gasteiger charge is 2.13. The largest absolute Gasteiger partial charge is 0.326 e. The van der Waals surface area contributed by atoms with E-state index in [4.69, 9.17) is 10.7 Å². The minimum atomic E-state index is 0.650. The van der Waals surface area contributed by atoms with Crippen LogP contribution in [-0.2, 0) is 19.4 Å². The van der Waals surface area contributed by atoms with Crippen LogP contribution in [0.15, 0.2) is 0 Å². The van der Waals surface area contributed by atoms with Gasteiger partial charge in [-0.2, -0.15) is 0 Å². The van der Waals surface area contributed by atoms with E-state index >= 15 is 0 Å². The molecule has 0 aliphatic carbocycles. The van der Waals surface area contributed by atoms with Gasteiger partial charge in [0.05, 0.1) is 10.7 Å². The molecule has 0 amide bonds. The molecule has 1 aromatic heterocycles. The molecule has 2 N–H and O–H groups in total. The summed E-state index contributed by atoms with van der Waals surface area (Å²) in [5, 5.41) is 1.28. The van der Waals surface area contributed by atoms with E-state index in [0.717, 1.165) is 19.3 Å². The predicted molar refractivity (Wildman–Crippen MR) is 73.4 cm³/mol. The first kappa shape index (κ1) is 13.0. The van der Waals surface area contributed by atoms with Crippen molar-refractivity contribution in [1.29, 1.82) is 0 Å². The lowest BCUT2D eigenvalue weighted by Gasteiger charge is -2.12. The molecule has 2 heterocycles. The van der Waals surface area contributed by atoms with Crippen LogP contribution < -0.4 is 5.73 Å². The van der Waals surface area contributed by atoms with E-state index in [9.17, 15) is 0 Å². The number of rotatable bonds is 6. The van der Waals surface area contributed by atoms with Crippen molar-refractivity contribution in [2.24, 2.45) is 5.73 Å². The summed E-state index contributed by atoms with van der Waals surface area (Å²) in [5.41, 5.74) is 7.02. The van der Waals surface area contributed by atoms with Crippen LogP contribution in [0.1, 0.15) is 41.8 Å². The lowest BCUT2D eigenvalue weighted by Crippen LogP contribution is -2.21. The zero-order valence-corrected chi connectivity index (χ0v) is 11.6. The van der Waals surface area contributed by atoms with E-state index in [-0.39, 0.29) is 0 Å². The summed E-state index contributed by atoms with van der Waals surface area (Å²) >= 11 is 1.82. The molecule has 1 aromatic rings. The van der Waals surface area contributed by atoms with Crippen molar-refractivity contribution < 1.29 is 0 Å². The van der Waals surface area contributed by atoms with Crippen molar-refractivity contribution in [3.05, 3.63) is 15.6 Å². The minimum Gasteiger partial charge on any atom is -0.326 e. The third-order valence-electron chi connectivity index (χ3n) is 3.34. The Morgan fingerprint density at radius 1 is 1.29 bits per heavy atom. The fraction of sp³-hybridized carbons (Fsp3) is 0.769. The third-order valence-corrected chi connectivity index (χ3v) is 4.52. The molecule has 2 rings (SSSR count). The fourth-order valence-electron chi connectivity index (χ4n) is 2.40. The lowest BCUT2D eigenvalue weighted by molar-refractivity contribution is 0.343. The minimum absolute atomic E-state index is 0.650. The SMILES string of the molecule is CCCc1nc(CCN2CCCC2)sc1CN. The molecule has 0 atom stereocenters. The van der Waals surface area contributed by atoms with Crippen molar-refractivity contribution in [3.8, 4) is 0 Å². The van der Waals surface area contributed by atoms with Gasteiger partial charge in [0.15, 0.2) is 0 Å². The van der Waals surface area contributed by atoms with Crippen molar-refractivity contribution in [2.75, 3.05) is 19.6 Å². The third kappa shape index (κ3) is 3.50. The molecule has 0 radical (unpaired) electrons. The average molecular weight is 253 g/mol. The number of nitrogens with two attached hydrogens (primary N) is 1. The van der Waals surface area contributed by atoms with E-state index in [1.165, 1.54) is 48.1 Å². The zero-order valence-electron chi connectivity index (χ0n) is 10.7. The van der Waals surface area contributed by atoms with Gasteiger partial charge in [-0.05, 0) is 32.4 Å². The second-order valence-electron chi connectivity index (χ2n) is 4.73. The van der Waals surface area contributed by atoms with Crippen LogP contribution in [0.5, 0.6) is 0 Å². The Labute approximate surface area is 108 Å². The number of nitrogens with zero attached hydrogens (tertiary/aromatic N) is 2. The van der Waals surface area contributed by atoms with Crippen LogP contribution in [0, 0.1) is 0 Å². The molecule has 96 valence electrons. The molecule has 4 heteroatoms. The second kappa shape index (κ2) is 6.47. The van der Waals surface area contributed by atoms with Crippen LogP contribution in [-0.4, -0.2) is 29.5 Å². The van der Waals surface area contributed by atoms with Gasteiger partial charge in [0.1, 0.15) is 0 Å². The van der Waals surface area contributed by atoms with Gasteiger partial charge < -0.3 is 10.6 Å². The van der Waals surface area contributed by atoms with Crippen molar-refractivity contribution in [3.63, 3.8) is 0 Å². The standard InChI is InChI=1S/C13H23N3S/c1-2-5-11-12(10-14)17-13(15-11)6-9-16-7-3-4-8-16/h2-10,14H2,1H3. The van der Waals surface area contributed by atoms with E-state index < -0.39 is 0 Å². The van der Waals surface area contributed by atoms with E-state index in [1.54, 1.807) is 0 Å². The summed E-state index contributed by atoms with van der Waals surface area (Å²) in [6, 6.07) is 0. The Balaban J connectivity index is 1.90. The number of hydrogen-bond acceptors (Lipinski definition) is 4. The van der Waals surface area contributed by atoms with Crippen LogP contribution >= 0.6 is 11.3 Å². The Morgan fingerprint density at radius 3 is 2.71 bits per heavy atom. The van der Waals surface area contributed by atoms with Gasteiger partial charge in [0, 0.05) is 24.4 Å². The van der Waals surface area contributed by atoms with Crippen LogP contribution in [0.3, 0.4) is 0 Å². The average Bonchev–Trinajstić information content (AvgIpc) is 2.95. The van der Waals surface area contributed by atoms with Gasteiger partial charge in [-0.1, -0.05) is 13.3 Å². The molecular weight excluding hydrogens is 230 g/mol. The normalized spacial score (nSPS) is 16.8. The van der Waals surface area contributed by atoms with Gasteiger partial charge in [0.2, 0.25) is 0 Å². The summed E-state index contributed by atoms with van der Waals surface area (Å²) in [7, 11) is 0. The molecular formula is C13H23N3S. The number of aromatic nitrogens is 1. The maximum absolute atomic E-state index is 5.77. The molecule has 0 saturated carbocycles. The fourth-order valence-corrected chi connectivity index (χ4v) is 3.38. The highest BCUT2D eigenvalue weighted by Crippen LogP contribution is 2.20. The second-order valence-corrected chi connectivity index (χ2v) is 5.90. The quantitative estimate of drug-likeness (QED) is 0.845. The van der Waals surface area contributed by atoms with E-state index in [2.05, 4.69) is 11.8 Å². The van der Waals surface area contributed by atoms with E-state index in [1.807, 2.05) is 11.3 Å². The van der Waals surface area contributed by atoms with Crippen molar-refractivity contribution in [1.82, 2.24) is 9.88 Å². The van der Waals surface area contributed by atoms with Crippen molar-refractivity contribution >= 4 is 11.3 Å². The summed E-state index contributed by atoms with van der Waals surface area (Å²) in [4.78, 5) is 8.58. The van der Waals surface area contributed by atoms with Gasteiger partial charge in [0.25, 0.3) is 0 Å². The monoisotopic (exact) mass is 253 g/mol. The van der Waals surface area contributed by atoms with Gasteiger partial charge in [-0.3, -0.25) is 0 Å². The summed E-state index contributed by atoms with van der Waals surface area (Å²) < 4.78 is 0. The summed E-state index contributed by atoms with van der Waals surface area (Å²) in [6.07, 6.45) is 6.07. The topological polar surface area (TPSA) is 42.2 Å². The Morgan fingerprint density at radius 2 is 2.06 bits per heavy atom. The predicted octanol–water partition coefficient (Wildman–Crippen LogP) is 2.19. The summed E-state index contributed by atoms with van der Waals surface area (Å²) in [5.74, 6) is 0. The zero-order chi connectivity index (χ0) is 12.1. The van der Waals surface area contributed by atoms with Crippen LogP contribution in [0.25, 0.3) is 0 Å².